The van der Waals surface area contributed by atoms with Gasteiger partial charge in [-0.2, -0.15) is 0 Å². The number of hydrogen-bond acceptors (Lipinski definition) is 3. The Bertz CT molecular complexity index is 217. The van der Waals surface area contributed by atoms with Gasteiger partial charge in [0.2, 0.25) is 11.8 Å². The topological polar surface area (TPSA) is 61.4 Å². The average Bonchev–Trinajstić information content (AvgIpc) is 2.12. The lowest BCUT2D eigenvalue weighted by atomic mass is 10.3. The molecule has 15 heavy (non-hydrogen) atoms. The molecule has 88 valence electrons. The number of nitrogens with zero attached hydrogens (tertiary/aromatic N) is 1. The van der Waals surface area contributed by atoms with Crippen molar-refractivity contribution in [2.75, 3.05) is 27.2 Å². The molecule has 0 bridgehead atoms. The highest BCUT2D eigenvalue weighted by Crippen LogP contribution is 1.84. The largest absolute Gasteiger partial charge is 0.351 e. The first kappa shape index (κ1) is 13.9. The van der Waals surface area contributed by atoms with E-state index < -0.39 is 0 Å². The zero-order chi connectivity index (χ0) is 11.8. The van der Waals surface area contributed by atoms with Gasteiger partial charge in [0.25, 0.3) is 0 Å². The number of amides is 2. The van der Waals surface area contributed by atoms with Gasteiger partial charge in [0.15, 0.2) is 0 Å². The van der Waals surface area contributed by atoms with Crippen LogP contribution in [0.3, 0.4) is 0 Å². The van der Waals surface area contributed by atoms with Crippen LogP contribution in [0.1, 0.15) is 20.3 Å². The Morgan fingerprint density at radius 2 is 1.87 bits per heavy atom. The van der Waals surface area contributed by atoms with Gasteiger partial charge in [-0.3, -0.25) is 9.59 Å². The summed E-state index contributed by atoms with van der Waals surface area (Å²) in [4.78, 5) is 24.2. The maximum Gasteiger partial charge on any atom is 0.239 e. The highest BCUT2D eigenvalue weighted by atomic mass is 16.2. The van der Waals surface area contributed by atoms with Gasteiger partial charge in [-0.15, -0.1) is 0 Å². The molecule has 0 aromatic rings. The van der Waals surface area contributed by atoms with E-state index >= 15 is 0 Å². The van der Waals surface area contributed by atoms with Gasteiger partial charge in [-0.1, -0.05) is 6.92 Å². The average molecular weight is 215 g/mol. The first-order chi connectivity index (χ1) is 6.95. The third kappa shape index (κ3) is 7.93. The summed E-state index contributed by atoms with van der Waals surface area (Å²) in [6.45, 7) is 4.53. The van der Waals surface area contributed by atoms with Crippen molar-refractivity contribution < 1.29 is 9.59 Å². The summed E-state index contributed by atoms with van der Waals surface area (Å²) < 4.78 is 0. The second-order valence-electron chi connectivity index (χ2n) is 3.86. The summed E-state index contributed by atoms with van der Waals surface area (Å²) in [5.74, 6) is -0.253. The SMILES string of the molecule is CCC(=O)NCC(=O)NC(C)CN(C)C. The van der Waals surface area contributed by atoms with E-state index in [9.17, 15) is 9.59 Å². The van der Waals surface area contributed by atoms with Crippen molar-refractivity contribution in [1.82, 2.24) is 15.5 Å². The molecule has 5 nitrogen and oxygen atoms in total. The highest BCUT2D eigenvalue weighted by Gasteiger charge is 2.08. The minimum absolute atomic E-state index is 0.0600. The second kappa shape index (κ2) is 7.23. The maximum atomic E-state index is 11.3. The van der Waals surface area contributed by atoms with Crippen LogP contribution in [-0.2, 0) is 9.59 Å². The molecule has 0 radical (unpaired) electrons. The van der Waals surface area contributed by atoms with Crippen molar-refractivity contribution in [2.45, 2.75) is 26.3 Å². The summed E-state index contributed by atoms with van der Waals surface area (Å²) in [5, 5.41) is 5.32. The first-order valence-electron chi connectivity index (χ1n) is 5.16. The molecule has 0 aromatic heterocycles. The molecule has 0 aliphatic carbocycles. The van der Waals surface area contributed by atoms with Gasteiger partial charge in [0.1, 0.15) is 0 Å². The van der Waals surface area contributed by atoms with Gasteiger partial charge >= 0.3 is 0 Å². The molecule has 2 amide bonds. The lowest BCUT2D eigenvalue weighted by Gasteiger charge is -2.18. The van der Waals surface area contributed by atoms with Gasteiger partial charge in [-0.05, 0) is 21.0 Å². The molecule has 0 saturated heterocycles. The fourth-order valence-corrected chi connectivity index (χ4v) is 1.22. The van der Waals surface area contributed by atoms with Gasteiger partial charge in [0.05, 0.1) is 6.54 Å². The molecule has 5 heteroatoms. The van der Waals surface area contributed by atoms with Gasteiger partial charge < -0.3 is 15.5 Å². The number of likely N-dealkylation sites (N-methyl/N-ethyl adjacent to an activating group) is 1. The molecule has 0 aliphatic heterocycles. The van der Waals surface area contributed by atoms with E-state index in [4.69, 9.17) is 0 Å². The van der Waals surface area contributed by atoms with E-state index in [2.05, 4.69) is 10.6 Å². The summed E-state index contributed by atoms with van der Waals surface area (Å²) in [5.41, 5.74) is 0. The van der Waals surface area contributed by atoms with E-state index in [-0.39, 0.29) is 24.4 Å². The Labute approximate surface area is 91.2 Å². The third-order valence-electron chi connectivity index (χ3n) is 1.81. The van der Waals surface area contributed by atoms with E-state index in [0.717, 1.165) is 6.54 Å². The van der Waals surface area contributed by atoms with E-state index in [0.29, 0.717) is 6.42 Å². The van der Waals surface area contributed by atoms with Crippen LogP contribution in [0.25, 0.3) is 0 Å². The van der Waals surface area contributed by atoms with Crippen molar-refractivity contribution in [3.63, 3.8) is 0 Å². The molecule has 2 N–H and O–H groups in total. The lowest BCUT2D eigenvalue weighted by molar-refractivity contribution is -0.126. The molecule has 0 fully saturated rings. The van der Waals surface area contributed by atoms with Crippen LogP contribution in [0, 0.1) is 0 Å². The van der Waals surface area contributed by atoms with Crippen molar-refractivity contribution in [2.24, 2.45) is 0 Å². The summed E-state index contributed by atoms with van der Waals surface area (Å²) in [6, 6.07) is 0.0889. The Morgan fingerprint density at radius 1 is 1.27 bits per heavy atom. The molecular weight excluding hydrogens is 194 g/mol. The smallest absolute Gasteiger partial charge is 0.239 e. The quantitative estimate of drug-likeness (QED) is 0.632. The molecule has 0 aliphatic rings. The predicted molar refractivity (Wildman–Crippen MR) is 59.5 cm³/mol. The number of carbonyl (C=O) groups excluding carboxylic acids is 2. The van der Waals surface area contributed by atoms with Crippen LogP contribution in [0.5, 0.6) is 0 Å². The van der Waals surface area contributed by atoms with Crippen molar-refractivity contribution in [1.29, 1.82) is 0 Å². The van der Waals surface area contributed by atoms with Crippen LogP contribution in [0.15, 0.2) is 0 Å². The normalized spacial score (nSPS) is 12.3. The fraction of sp³-hybridized carbons (Fsp3) is 0.800. The highest BCUT2D eigenvalue weighted by molar-refractivity contribution is 5.84. The predicted octanol–water partition coefficient (Wildman–Crippen LogP) is -0.421. The molecule has 0 spiro atoms. The number of carbonyl (C=O) groups is 2. The van der Waals surface area contributed by atoms with E-state index in [1.807, 2.05) is 25.9 Å². The lowest BCUT2D eigenvalue weighted by Crippen LogP contribution is -2.44. The summed E-state index contributed by atoms with van der Waals surface area (Å²) in [7, 11) is 3.89. The number of nitrogens with one attached hydrogen (secondary N) is 2. The van der Waals surface area contributed by atoms with Crippen molar-refractivity contribution in [3.05, 3.63) is 0 Å². The molecule has 0 saturated carbocycles. The van der Waals surface area contributed by atoms with Crippen LogP contribution >= 0.6 is 0 Å². The molecule has 0 rings (SSSR count). The summed E-state index contributed by atoms with van der Waals surface area (Å²) in [6.07, 6.45) is 0.403. The van der Waals surface area contributed by atoms with E-state index in [1.54, 1.807) is 6.92 Å². The van der Waals surface area contributed by atoms with Gasteiger partial charge in [0, 0.05) is 19.0 Å². The van der Waals surface area contributed by atoms with Crippen LogP contribution in [-0.4, -0.2) is 49.9 Å². The standard InChI is InChI=1S/C10H21N3O2/c1-5-9(14)11-6-10(15)12-8(2)7-13(3)4/h8H,5-7H2,1-4H3,(H,11,14)(H,12,15). The first-order valence-corrected chi connectivity index (χ1v) is 5.16. The Kier molecular flexibility index (Phi) is 6.70. The zero-order valence-electron chi connectivity index (χ0n) is 9.96. The summed E-state index contributed by atoms with van der Waals surface area (Å²) >= 11 is 0. The van der Waals surface area contributed by atoms with Crippen molar-refractivity contribution >= 4 is 11.8 Å². The Morgan fingerprint density at radius 3 is 2.33 bits per heavy atom. The van der Waals surface area contributed by atoms with Crippen LogP contribution in [0.2, 0.25) is 0 Å². The molecule has 0 heterocycles. The zero-order valence-corrected chi connectivity index (χ0v) is 9.96. The fourth-order valence-electron chi connectivity index (χ4n) is 1.22. The molecular formula is C10H21N3O2. The molecule has 1 unspecified atom stereocenters. The van der Waals surface area contributed by atoms with Crippen LogP contribution < -0.4 is 10.6 Å². The second-order valence-corrected chi connectivity index (χ2v) is 3.86. The van der Waals surface area contributed by atoms with Gasteiger partial charge in [-0.25, -0.2) is 0 Å². The molecule has 1 atom stereocenters. The third-order valence-corrected chi connectivity index (χ3v) is 1.81. The minimum Gasteiger partial charge on any atom is -0.351 e. The Balaban J connectivity index is 3.69. The monoisotopic (exact) mass is 215 g/mol. The van der Waals surface area contributed by atoms with Crippen LogP contribution in [0.4, 0.5) is 0 Å². The Hall–Kier alpha value is -1.10. The van der Waals surface area contributed by atoms with E-state index in [1.165, 1.54) is 0 Å². The number of hydrogen-bond donors (Lipinski definition) is 2. The molecule has 0 aromatic carbocycles. The minimum atomic E-state index is -0.147. The maximum absolute atomic E-state index is 11.3. The van der Waals surface area contributed by atoms with Crippen molar-refractivity contribution in [3.8, 4) is 0 Å². The number of rotatable bonds is 6.